The SMILES string of the molecule is [B][C@H]1CC(OC(C)C)[C@@H](COP(C)(=O)O)O1. The van der Waals surface area contributed by atoms with Gasteiger partial charge in [-0.25, -0.2) is 0 Å². The summed E-state index contributed by atoms with van der Waals surface area (Å²) in [7, 11) is 2.17. The van der Waals surface area contributed by atoms with Gasteiger partial charge in [-0.15, -0.1) is 0 Å². The van der Waals surface area contributed by atoms with E-state index in [1.165, 1.54) is 0 Å². The molecule has 0 aromatic heterocycles. The number of rotatable bonds is 5. The summed E-state index contributed by atoms with van der Waals surface area (Å²) in [6, 6.07) is -0.396. The summed E-state index contributed by atoms with van der Waals surface area (Å²) in [4.78, 5) is 9.02. The average Bonchev–Trinajstić information content (AvgIpc) is 2.40. The Morgan fingerprint density at radius 1 is 1.62 bits per heavy atom. The summed E-state index contributed by atoms with van der Waals surface area (Å²) < 4.78 is 26.8. The molecule has 2 radical (unpaired) electrons. The van der Waals surface area contributed by atoms with E-state index in [2.05, 4.69) is 0 Å². The average molecular weight is 248 g/mol. The monoisotopic (exact) mass is 248 g/mol. The van der Waals surface area contributed by atoms with Gasteiger partial charge < -0.3 is 18.9 Å². The molecule has 92 valence electrons. The van der Waals surface area contributed by atoms with Crippen molar-refractivity contribution in [1.29, 1.82) is 0 Å². The Labute approximate surface area is 97.4 Å². The second-order valence-corrected chi connectivity index (χ2v) is 6.13. The third-order valence-corrected chi connectivity index (χ3v) is 2.78. The Morgan fingerprint density at radius 2 is 2.25 bits per heavy atom. The van der Waals surface area contributed by atoms with Gasteiger partial charge in [0.05, 0.1) is 18.8 Å². The van der Waals surface area contributed by atoms with Gasteiger partial charge in [-0.05, 0) is 20.3 Å². The first-order valence-corrected chi connectivity index (χ1v) is 7.31. The van der Waals surface area contributed by atoms with Crippen molar-refractivity contribution < 1.29 is 23.5 Å². The maximum atomic E-state index is 11.0. The van der Waals surface area contributed by atoms with Crippen LogP contribution in [0.15, 0.2) is 0 Å². The third-order valence-electron chi connectivity index (χ3n) is 2.15. The zero-order valence-corrected chi connectivity index (χ0v) is 10.7. The minimum absolute atomic E-state index is 0.0232. The molecule has 0 aromatic rings. The molecule has 5 nitrogen and oxygen atoms in total. The molecule has 2 unspecified atom stereocenters. The van der Waals surface area contributed by atoms with Crippen molar-refractivity contribution in [3.63, 3.8) is 0 Å². The molecular formula is C9H18BO5P. The summed E-state index contributed by atoms with van der Waals surface area (Å²) in [6.45, 7) is 4.99. The zero-order valence-electron chi connectivity index (χ0n) is 9.83. The van der Waals surface area contributed by atoms with E-state index in [1.54, 1.807) is 0 Å². The van der Waals surface area contributed by atoms with E-state index in [0.717, 1.165) is 6.66 Å². The second kappa shape index (κ2) is 5.65. The fourth-order valence-electron chi connectivity index (χ4n) is 1.60. The molecule has 0 saturated carbocycles. The first-order valence-electron chi connectivity index (χ1n) is 5.29. The Balaban J connectivity index is 2.46. The van der Waals surface area contributed by atoms with Gasteiger partial charge in [-0.2, -0.15) is 0 Å². The lowest BCUT2D eigenvalue weighted by atomic mass is 9.96. The molecular weight excluding hydrogens is 230 g/mol. The Bertz CT molecular complexity index is 267. The van der Waals surface area contributed by atoms with Crippen LogP contribution in [0.2, 0.25) is 0 Å². The van der Waals surface area contributed by atoms with Crippen LogP contribution in [0, 0.1) is 0 Å². The molecule has 0 aromatic carbocycles. The van der Waals surface area contributed by atoms with E-state index in [4.69, 9.17) is 26.7 Å². The van der Waals surface area contributed by atoms with Gasteiger partial charge in [0.15, 0.2) is 0 Å². The first kappa shape index (κ1) is 14.2. The van der Waals surface area contributed by atoms with Gasteiger partial charge in [0.25, 0.3) is 0 Å². The molecule has 0 amide bonds. The van der Waals surface area contributed by atoms with Gasteiger partial charge >= 0.3 is 7.60 Å². The zero-order chi connectivity index (χ0) is 12.3. The van der Waals surface area contributed by atoms with Crippen molar-refractivity contribution in [2.24, 2.45) is 0 Å². The van der Waals surface area contributed by atoms with Gasteiger partial charge in [-0.3, -0.25) is 4.57 Å². The van der Waals surface area contributed by atoms with Gasteiger partial charge in [0.1, 0.15) is 14.0 Å². The van der Waals surface area contributed by atoms with E-state index in [9.17, 15) is 4.57 Å². The normalized spacial score (nSPS) is 34.2. The summed E-state index contributed by atoms with van der Waals surface area (Å²) in [5, 5.41) is 0. The molecule has 1 aliphatic rings. The maximum absolute atomic E-state index is 11.0. The maximum Gasteiger partial charge on any atom is 0.325 e. The van der Waals surface area contributed by atoms with Crippen LogP contribution in [0.5, 0.6) is 0 Å². The predicted molar refractivity (Wildman–Crippen MR) is 60.7 cm³/mol. The van der Waals surface area contributed by atoms with Crippen molar-refractivity contribution in [2.75, 3.05) is 13.3 Å². The molecule has 1 aliphatic heterocycles. The first-order chi connectivity index (χ1) is 7.28. The summed E-state index contributed by atoms with van der Waals surface area (Å²) in [5.74, 6) is 0. The Morgan fingerprint density at radius 3 is 2.75 bits per heavy atom. The number of hydrogen-bond donors (Lipinski definition) is 1. The molecule has 0 spiro atoms. The van der Waals surface area contributed by atoms with E-state index in [0.29, 0.717) is 6.42 Å². The predicted octanol–water partition coefficient (Wildman–Crippen LogP) is 0.895. The van der Waals surface area contributed by atoms with Crippen LogP contribution in [0.25, 0.3) is 0 Å². The van der Waals surface area contributed by atoms with Crippen LogP contribution >= 0.6 is 7.60 Å². The molecule has 1 rings (SSSR count). The highest BCUT2D eigenvalue weighted by Crippen LogP contribution is 2.37. The van der Waals surface area contributed by atoms with Crippen LogP contribution in [-0.4, -0.2) is 50.3 Å². The van der Waals surface area contributed by atoms with Crippen LogP contribution in [-0.2, 0) is 18.6 Å². The lowest BCUT2D eigenvalue weighted by Gasteiger charge is -2.21. The molecule has 7 heteroatoms. The minimum atomic E-state index is -3.48. The largest absolute Gasteiger partial charge is 0.380 e. The van der Waals surface area contributed by atoms with E-state index in [1.807, 2.05) is 13.8 Å². The smallest absolute Gasteiger partial charge is 0.325 e. The highest BCUT2D eigenvalue weighted by atomic mass is 31.2. The lowest BCUT2D eigenvalue weighted by molar-refractivity contribution is -0.0551. The molecule has 0 aliphatic carbocycles. The van der Waals surface area contributed by atoms with Gasteiger partial charge in [-0.1, -0.05) is 0 Å². The van der Waals surface area contributed by atoms with Crippen molar-refractivity contribution >= 4 is 15.4 Å². The van der Waals surface area contributed by atoms with Gasteiger partial charge in [0.2, 0.25) is 0 Å². The number of ether oxygens (including phenoxy) is 2. The topological polar surface area (TPSA) is 65.0 Å². The van der Waals surface area contributed by atoms with Crippen LogP contribution in [0.3, 0.4) is 0 Å². The molecule has 0 bridgehead atoms. The highest BCUT2D eigenvalue weighted by molar-refractivity contribution is 7.51. The lowest BCUT2D eigenvalue weighted by Crippen LogP contribution is -2.30. The van der Waals surface area contributed by atoms with Crippen LogP contribution in [0.1, 0.15) is 20.3 Å². The van der Waals surface area contributed by atoms with Gasteiger partial charge in [0, 0.05) is 12.7 Å². The van der Waals surface area contributed by atoms with Crippen molar-refractivity contribution in [2.45, 2.75) is 44.6 Å². The molecule has 16 heavy (non-hydrogen) atoms. The van der Waals surface area contributed by atoms with Crippen LogP contribution in [0.4, 0.5) is 0 Å². The molecule has 1 saturated heterocycles. The fourth-order valence-corrected chi connectivity index (χ4v) is 2.02. The standard InChI is InChI=1S/C9H18BO5P/c1-6(2)14-7-4-9(10)15-8(7)5-13-16(3,11)12/h6-9H,4-5H2,1-3H3,(H,11,12)/t7?,8-,9-/m1/s1. The third kappa shape index (κ3) is 4.98. The number of hydrogen-bond acceptors (Lipinski definition) is 4. The summed E-state index contributed by atoms with van der Waals surface area (Å²) >= 11 is 0. The second-order valence-electron chi connectivity index (χ2n) is 4.27. The summed E-state index contributed by atoms with van der Waals surface area (Å²) in [5.41, 5.74) is 0. The van der Waals surface area contributed by atoms with Crippen molar-refractivity contribution in [1.82, 2.24) is 0 Å². The Kier molecular flexibility index (Phi) is 5.01. The summed E-state index contributed by atoms with van der Waals surface area (Å²) in [6.07, 6.45) is 0.0781. The molecule has 1 N–H and O–H groups in total. The van der Waals surface area contributed by atoms with E-state index >= 15 is 0 Å². The van der Waals surface area contributed by atoms with Crippen molar-refractivity contribution in [3.8, 4) is 0 Å². The highest BCUT2D eigenvalue weighted by Gasteiger charge is 2.35. The minimum Gasteiger partial charge on any atom is -0.380 e. The van der Waals surface area contributed by atoms with Crippen molar-refractivity contribution in [3.05, 3.63) is 0 Å². The fraction of sp³-hybridized carbons (Fsp3) is 1.00. The molecule has 1 fully saturated rings. The van der Waals surface area contributed by atoms with E-state index < -0.39 is 13.6 Å². The molecule has 1 heterocycles. The van der Waals surface area contributed by atoms with Crippen LogP contribution < -0.4 is 0 Å². The molecule has 4 atom stereocenters. The Hall–Kier alpha value is 0.135. The van der Waals surface area contributed by atoms with E-state index in [-0.39, 0.29) is 24.9 Å². The quantitative estimate of drug-likeness (QED) is 0.578.